The zero-order valence-corrected chi connectivity index (χ0v) is 4.67. The fraction of sp³-hybridized carbons (Fsp3) is 0.600. The van der Waals surface area contributed by atoms with Crippen LogP contribution in [0.2, 0.25) is 0 Å². The van der Waals surface area contributed by atoms with Crippen LogP contribution in [0, 0.1) is 0 Å². The molecule has 0 saturated carbocycles. The topological polar surface area (TPSA) is 12.5 Å². The van der Waals surface area contributed by atoms with Crippen LogP contribution in [0.4, 0.5) is 4.39 Å². The Morgan fingerprint density at radius 2 is 2.62 bits per heavy atom. The van der Waals surface area contributed by atoms with Crippen molar-refractivity contribution in [3.8, 4) is 0 Å². The van der Waals surface area contributed by atoms with Crippen molar-refractivity contribution in [2.24, 2.45) is 0 Å². The Kier molecular flexibility index (Phi) is 1.37. The molecule has 0 aromatic heterocycles. The van der Waals surface area contributed by atoms with Crippen molar-refractivity contribution < 1.29 is 9.13 Å². The Morgan fingerprint density at radius 1 is 1.88 bits per heavy atom. The number of halogens is 1. The number of alkyl halides is 1. The summed E-state index contributed by atoms with van der Waals surface area (Å²) in [4.78, 5) is 1.73. The van der Waals surface area contributed by atoms with Crippen LogP contribution in [-0.2, 0) is 4.74 Å². The summed E-state index contributed by atoms with van der Waals surface area (Å²) in [7, 11) is 1.80. The van der Waals surface area contributed by atoms with Gasteiger partial charge in [-0.05, 0) is 0 Å². The van der Waals surface area contributed by atoms with Crippen molar-refractivity contribution in [3.63, 3.8) is 0 Å². The molecule has 0 aromatic rings. The molecule has 1 unspecified atom stereocenters. The monoisotopic (exact) mass is 117 g/mol. The molecule has 0 fully saturated rings. The molecule has 0 radical (unpaired) electrons. The van der Waals surface area contributed by atoms with Crippen molar-refractivity contribution in [3.05, 3.63) is 12.5 Å². The van der Waals surface area contributed by atoms with Gasteiger partial charge >= 0.3 is 0 Å². The molecule has 46 valence electrons. The Morgan fingerprint density at radius 3 is 3.00 bits per heavy atom. The van der Waals surface area contributed by atoms with Gasteiger partial charge in [-0.25, -0.2) is 0 Å². The van der Waals surface area contributed by atoms with Crippen LogP contribution in [0.3, 0.4) is 0 Å². The van der Waals surface area contributed by atoms with Crippen molar-refractivity contribution in [2.45, 2.75) is 6.36 Å². The Balaban J connectivity index is 2.42. The molecule has 3 heteroatoms. The summed E-state index contributed by atoms with van der Waals surface area (Å²) >= 11 is 0. The van der Waals surface area contributed by atoms with Crippen LogP contribution < -0.4 is 0 Å². The molecule has 1 rings (SSSR count). The molecule has 1 aliphatic heterocycles. The molecule has 0 spiro atoms. The first-order valence-electron chi connectivity index (χ1n) is 2.45. The van der Waals surface area contributed by atoms with Crippen molar-refractivity contribution in [1.82, 2.24) is 4.90 Å². The van der Waals surface area contributed by atoms with E-state index in [1.165, 1.54) is 6.26 Å². The van der Waals surface area contributed by atoms with Gasteiger partial charge in [-0.15, -0.1) is 0 Å². The van der Waals surface area contributed by atoms with Crippen LogP contribution in [-0.4, -0.2) is 24.9 Å². The minimum Gasteiger partial charge on any atom is -0.465 e. The van der Waals surface area contributed by atoms with Gasteiger partial charge in [-0.2, -0.15) is 4.39 Å². The third kappa shape index (κ3) is 1.12. The quantitative estimate of drug-likeness (QED) is 0.463. The van der Waals surface area contributed by atoms with E-state index in [1.807, 2.05) is 0 Å². The molecule has 1 heterocycles. The molecule has 0 saturated heterocycles. The summed E-state index contributed by atoms with van der Waals surface area (Å²) in [5.41, 5.74) is 0. The summed E-state index contributed by atoms with van der Waals surface area (Å²) in [5.74, 6) is 0. The lowest BCUT2D eigenvalue weighted by Gasteiger charge is -2.20. The minimum atomic E-state index is -1.15. The molecule has 0 aliphatic carbocycles. The van der Waals surface area contributed by atoms with E-state index in [-0.39, 0.29) is 0 Å². The maximum atomic E-state index is 12.1. The second-order valence-electron chi connectivity index (χ2n) is 1.77. The highest BCUT2D eigenvalue weighted by molar-refractivity contribution is 4.78. The third-order valence-corrected chi connectivity index (χ3v) is 0.973. The second kappa shape index (κ2) is 2.03. The zero-order valence-electron chi connectivity index (χ0n) is 4.67. The highest BCUT2D eigenvalue weighted by Crippen LogP contribution is 2.03. The Labute approximate surface area is 47.5 Å². The van der Waals surface area contributed by atoms with Gasteiger partial charge in [0.25, 0.3) is 6.36 Å². The van der Waals surface area contributed by atoms with Gasteiger partial charge in [0, 0.05) is 13.2 Å². The predicted molar refractivity (Wildman–Crippen MR) is 27.8 cm³/mol. The molecule has 8 heavy (non-hydrogen) atoms. The zero-order chi connectivity index (χ0) is 5.98. The molecule has 0 amide bonds. The molecule has 0 bridgehead atoms. The number of nitrogens with zero attached hydrogens (tertiary/aromatic N) is 1. The van der Waals surface area contributed by atoms with E-state index in [0.717, 1.165) is 0 Å². The first-order valence-corrected chi connectivity index (χ1v) is 2.45. The standard InChI is InChI=1S/C5H8FNO/c1-7-2-3-8-5(6)4-7/h2-3,5H,4H2,1H3. The third-order valence-electron chi connectivity index (χ3n) is 0.973. The average molecular weight is 117 g/mol. The fourth-order valence-electron chi connectivity index (χ4n) is 0.555. The summed E-state index contributed by atoms with van der Waals surface area (Å²) in [6.45, 7) is 0.330. The Bertz CT molecular complexity index is 105. The van der Waals surface area contributed by atoms with Crippen molar-refractivity contribution >= 4 is 0 Å². The average Bonchev–Trinajstić information content (AvgIpc) is 1.64. The van der Waals surface area contributed by atoms with E-state index in [1.54, 1.807) is 18.1 Å². The predicted octanol–water partition coefficient (Wildman–Crippen LogP) is 0.715. The lowest BCUT2D eigenvalue weighted by atomic mass is 10.5. The van der Waals surface area contributed by atoms with Gasteiger partial charge < -0.3 is 9.64 Å². The van der Waals surface area contributed by atoms with Gasteiger partial charge in [0.1, 0.15) is 6.26 Å². The number of hydrogen-bond acceptors (Lipinski definition) is 2. The smallest absolute Gasteiger partial charge is 0.254 e. The number of rotatable bonds is 0. The number of likely N-dealkylation sites (N-methyl/N-ethyl adjacent to an activating group) is 1. The summed E-state index contributed by atoms with van der Waals surface area (Å²) in [6.07, 6.45) is 1.90. The van der Waals surface area contributed by atoms with Gasteiger partial charge in [0.2, 0.25) is 0 Å². The molecule has 0 N–H and O–H groups in total. The molecular formula is C5H8FNO. The van der Waals surface area contributed by atoms with E-state index in [0.29, 0.717) is 6.54 Å². The molecule has 1 atom stereocenters. The molecule has 2 nitrogen and oxygen atoms in total. The Hall–Kier alpha value is -0.730. The largest absolute Gasteiger partial charge is 0.465 e. The first kappa shape index (κ1) is 5.41. The molecule has 1 aliphatic rings. The summed E-state index contributed by atoms with van der Waals surface area (Å²) < 4.78 is 16.6. The molecule has 0 aromatic carbocycles. The highest BCUT2D eigenvalue weighted by Gasteiger charge is 2.09. The van der Waals surface area contributed by atoms with Gasteiger partial charge in [-0.1, -0.05) is 0 Å². The van der Waals surface area contributed by atoms with E-state index in [2.05, 4.69) is 4.74 Å². The van der Waals surface area contributed by atoms with Crippen LogP contribution in [0.1, 0.15) is 0 Å². The summed E-state index contributed by atoms with van der Waals surface area (Å²) in [6, 6.07) is 0. The first-order chi connectivity index (χ1) is 3.79. The van der Waals surface area contributed by atoms with E-state index in [4.69, 9.17) is 0 Å². The lowest BCUT2D eigenvalue weighted by Crippen LogP contribution is -2.26. The van der Waals surface area contributed by atoms with Crippen molar-refractivity contribution in [2.75, 3.05) is 13.6 Å². The fourth-order valence-corrected chi connectivity index (χ4v) is 0.555. The highest BCUT2D eigenvalue weighted by atomic mass is 19.1. The number of ether oxygens (including phenoxy) is 1. The summed E-state index contributed by atoms with van der Waals surface area (Å²) in [5, 5.41) is 0. The van der Waals surface area contributed by atoms with E-state index in [9.17, 15) is 4.39 Å². The maximum absolute atomic E-state index is 12.1. The van der Waals surface area contributed by atoms with Crippen molar-refractivity contribution in [1.29, 1.82) is 0 Å². The van der Waals surface area contributed by atoms with Gasteiger partial charge in [0.05, 0.1) is 6.54 Å². The van der Waals surface area contributed by atoms with Crippen LogP contribution in [0.5, 0.6) is 0 Å². The number of hydrogen-bond donors (Lipinski definition) is 0. The second-order valence-corrected chi connectivity index (χ2v) is 1.77. The normalized spacial score (nSPS) is 27.8. The van der Waals surface area contributed by atoms with Gasteiger partial charge in [0.15, 0.2) is 0 Å². The molecular weight excluding hydrogens is 109 g/mol. The lowest BCUT2D eigenvalue weighted by molar-refractivity contribution is -0.00821. The minimum absolute atomic E-state index is 0.330. The SMILES string of the molecule is CN1C=COC(F)C1. The van der Waals surface area contributed by atoms with Crippen LogP contribution in [0.15, 0.2) is 12.5 Å². The van der Waals surface area contributed by atoms with Crippen LogP contribution >= 0.6 is 0 Å². The maximum Gasteiger partial charge on any atom is 0.254 e. The van der Waals surface area contributed by atoms with E-state index < -0.39 is 6.36 Å². The van der Waals surface area contributed by atoms with E-state index >= 15 is 0 Å². The van der Waals surface area contributed by atoms with Gasteiger partial charge in [-0.3, -0.25) is 0 Å². The van der Waals surface area contributed by atoms with Crippen LogP contribution in [0.25, 0.3) is 0 Å².